The standard InChI is InChI=1S/C40H45Cl2N3O8S/c1-50-31-17-19-36(51-2)34(23-31)45(54(48,49)32-18-20-37(52-3)38(24-32)53-4)26-39(46)44(25-28-15-16-29(41)22-33(28)42)35(21-27-11-7-5-8-12-27)40(47)43-30-13-9-6-10-14-30/h5,7-8,11-12,15-20,22-24,30,35H,6,9-10,13-14,21,25-26H2,1-4H3,(H,43,47)/t35-/m1/s1. The Bertz CT molecular complexity index is 2030. The van der Waals surface area contributed by atoms with Gasteiger partial charge in [-0.3, -0.25) is 13.9 Å². The fraction of sp³-hybridized carbons (Fsp3) is 0.350. The highest BCUT2D eigenvalue weighted by molar-refractivity contribution is 7.92. The molecule has 14 heteroatoms. The molecule has 0 radical (unpaired) electrons. The molecule has 0 saturated heterocycles. The summed E-state index contributed by atoms with van der Waals surface area (Å²) in [5.74, 6) is -0.0483. The summed E-state index contributed by atoms with van der Waals surface area (Å²) in [6.45, 7) is -0.850. The molecular weight excluding hydrogens is 753 g/mol. The molecule has 1 saturated carbocycles. The van der Waals surface area contributed by atoms with Crippen molar-refractivity contribution in [2.75, 3.05) is 39.3 Å². The molecule has 0 unspecified atom stereocenters. The van der Waals surface area contributed by atoms with Crippen LogP contribution in [0.2, 0.25) is 10.0 Å². The fourth-order valence-corrected chi connectivity index (χ4v) is 8.44. The van der Waals surface area contributed by atoms with Crippen LogP contribution < -0.4 is 28.6 Å². The summed E-state index contributed by atoms with van der Waals surface area (Å²) in [4.78, 5) is 30.7. The van der Waals surface area contributed by atoms with Gasteiger partial charge in [-0.05, 0) is 60.4 Å². The number of nitrogens with zero attached hydrogens (tertiary/aromatic N) is 2. The van der Waals surface area contributed by atoms with Gasteiger partial charge in [0.1, 0.15) is 24.1 Å². The van der Waals surface area contributed by atoms with Gasteiger partial charge in [0.05, 0.1) is 39.0 Å². The van der Waals surface area contributed by atoms with Gasteiger partial charge in [0, 0.05) is 41.2 Å². The van der Waals surface area contributed by atoms with Gasteiger partial charge in [-0.25, -0.2) is 8.42 Å². The van der Waals surface area contributed by atoms with Crippen LogP contribution in [0.5, 0.6) is 23.0 Å². The Morgan fingerprint density at radius 3 is 2.13 bits per heavy atom. The first-order chi connectivity index (χ1) is 26.0. The summed E-state index contributed by atoms with van der Waals surface area (Å²) in [7, 11) is 1.14. The van der Waals surface area contributed by atoms with Crippen molar-refractivity contribution < 1.29 is 37.0 Å². The van der Waals surface area contributed by atoms with Crippen molar-refractivity contribution in [3.8, 4) is 23.0 Å². The first kappa shape index (κ1) is 40.5. The average Bonchev–Trinajstić information content (AvgIpc) is 3.19. The number of anilines is 1. The van der Waals surface area contributed by atoms with Gasteiger partial charge < -0.3 is 29.2 Å². The Kier molecular flexibility index (Phi) is 14.0. The van der Waals surface area contributed by atoms with Gasteiger partial charge in [-0.1, -0.05) is 78.9 Å². The number of sulfonamides is 1. The number of methoxy groups -OCH3 is 4. The van der Waals surface area contributed by atoms with Crippen LogP contribution in [0.25, 0.3) is 0 Å². The van der Waals surface area contributed by atoms with Crippen molar-refractivity contribution in [2.24, 2.45) is 0 Å². The van der Waals surface area contributed by atoms with Crippen molar-refractivity contribution in [1.29, 1.82) is 0 Å². The number of rotatable bonds is 16. The molecule has 11 nitrogen and oxygen atoms in total. The minimum absolute atomic E-state index is 0.0377. The maximum atomic E-state index is 15.0. The first-order valence-electron chi connectivity index (χ1n) is 17.5. The van der Waals surface area contributed by atoms with Crippen LogP contribution in [-0.4, -0.2) is 72.2 Å². The van der Waals surface area contributed by atoms with Gasteiger partial charge in [0.2, 0.25) is 11.8 Å². The maximum absolute atomic E-state index is 15.0. The molecule has 5 rings (SSSR count). The van der Waals surface area contributed by atoms with Crippen LogP contribution in [0.15, 0.2) is 89.8 Å². The summed E-state index contributed by atoms with van der Waals surface area (Å²) >= 11 is 12.9. The second-order valence-corrected chi connectivity index (χ2v) is 15.6. The highest BCUT2D eigenvalue weighted by Crippen LogP contribution is 2.38. The Morgan fingerprint density at radius 2 is 1.48 bits per heavy atom. The monoisotopic (exact) mass is 797 g/mol. The van der Waals surface area contributed by atoms with E-state index in [-0.39, 0.29) is 52.0 Å². The van der Waals surface area contributed by atoms with Gasteiger partial charge in [0.25, 0.3) is 10.0 Å². The molecule has 54 heavy (non-hydrogen) atoms. The largest absolute Gasteiger partial charge is 0.497 e. The predicted molar refractivity (Wildman–Crippen MR) is 210 cm³/mol. The zero-order valence-corrected chi connectivity index (χ0v) is 33.0. The molecule has 1 aliphatic rings. The lowest BCUT2D eigenvalue weighted by atomic mass is 9.94. The number of carbonyl (C=O) groups excluding carboxylic acids is 2. The molecule has 0 aliphatic heterocycles. The summed E-state index contributed by atoms with van der Waals surface area (Å²) < 4.78 is 52.4. The SMILES string of the molecule is COc1ccc(OC)c(N(CC(=O)N(Cc2ccc(Cl)cc2Cl)[C@H](Cc2ccccc2)C(=O)NC2CCCCC2)S(=O)(=O)c2ccc(OC)c(OC)c2)c1. The third-order valence-electron chi connectivity index (χ3n) is 9.46. The second kappa shape index (κ2) is 18.6. The number of hydrogen-bond donors (Lipinski definition) is 1. The molecule has 1 atom stereocenters. The molecule has 1 aliphatic carbocycles. The average molecular weight is 799 g/mol. The maximum Gasteiger partial charge on any atom is 0.265 e. The molecule has 1 fully saturated rings. The van der Waals surface area contributed by atoms with E-state index < -0.39 is 28.5 Å². The molecule has 288 valence electrons. The molecule has 2 amide bonds. The third-order valence-corrected chi connectivity index (χ3v) is 11.8. The minimum Gasteiger partial charge on any atom is -0.497 e. The van der Waals surface area contributed by atoms with Crippen LogP contribution >= 0.6 is 23.2 Å². The van der Waals surface area contributed by atoms with E-state index >= 15 is 4.79 Å². The molecular formula is C40H45Cl2N3O8S. The van der Waals surface area contributed by atoms with Crippen LogP contribution in [-0.2, 0) is 32.6 Å². The second-order valence-electron chi connectivity index (χ2n) is 12.9. The summed E-state index contributed by atoms with van der Waals surface area (Å²) in [5, 5.41) is 3.89. The van der Waals surface area contributed by atoms with Crippen molar-refractivity contribution in [3.05, 3.63) is 106 Å². The lowest BCUT2D eigenvalue weighted by Crippen LogP contribution is -2.55. The number of halogens is 2. The lowest BCUT2D eigenvalue weighted by molar-refractivity contribution is -0.140. The Hall–Kier alpha value is -4.65. The third kappa shape index (κ3) is 9.71. The molecule has 0 spiro atoms. The summed E-state index contributed by atoms with van der Waals surface area (Å²) in [6.07, 6.45) is 4.88. The Balaban J connectivity index is 1.65. The fourth-order valence-electron chi connectivity index (χ4n) is 6.54. The van der Waals surface area contributed by atoms with E-state index in [1.165, 1.54) is 57.6 Å². The van der Waals surface area contributed by atoms with E-state index in [1.807, 2.05) is 30.3 Å². The van der Waals surface area contributed by atoms with Crippen molar-refractivity contribution in [3.63, 3.8) is 0 Å². The highest BCUT2D eigenvalue weighted by Gasteiger charge is 2.37. The van der Waals surface area contributed by atoms with Crippen LogP contribution in [0.3, 0.4) is 0 Å². The summed E-state index contributed by atoms with van der Waals surface area (Å²) in [5.41, 5.74) is 1.37. The molecule has 4 aromatic carbocycles. The lowest BCUT2D eigenvalue weighted by Gasteiger charge is -2.35. The van der Waals surface area contributed by atoms with E-state index in [4.69, 9.17) is 42.1 Å². The number of nitrogens with one attached hydrogen (secondary N) is 1. The van der Waals surface area contributed by atoms with Gasteiger partial charge in [-0.2, -0.15) is 0 Å². The van der Waals surface area contributed by atoms with E-state index in [0.717, 1.165) is 42.0 Å². The van der Waals surface area contributed by atoms with Gasteiger partial charge in [0.15, 0.2) is 11.5 Å². The van der Waals surface area contributed by atoms with Crippen LogP contribution in [0.4, 0.5) is 5.69 Å². The molecule has 0 bridgehead atoms. The van der Waals surface area contributed by atoms with Crippen molar-refractivity contribution >= 4 is 50.7 Å². The Labute approximate surface area is 327 Å². The minimum atomic E-state index is -4.54. The van der Waals surface area contributed by atoms with E-state index in [0.29, 0.717) is 22.1 Å². The van der Waals surface area contributed by atoms with E-state index in [1.54, 1.807) is 30.3 Å². The van der Waals surface area contributed by atoms with Crippen molar-refractivity contribution in [2.45, 2.75) is 62.0 Å². The zero-order valence-electron chi connectivity index (χ0n) is 30.7. The molecule has 1 N–H and O–H groups in total. The van der Waals surface area contributed by atoms with E-state index in [9.17, 15) is 13.2 Å². The first-order valence-corrected chi connectivity index (χ1v) is 19.7. The molecule has 0 aromatic heterocycles. The quantitative estimate of drug-likeness (QED) is 0.125. The van der Waals surface area contributed by atoms with Gasteiger partial charge in [-0.15, -0.1) is 0 Å². The number of benzene rings is 4. The van der Waals surface area contributed by atoms with Crippen molar-refractivity contribution in [1.82, 2.24) is 10.2 Å². The zero-order chi connectivity index (χ0) is 38.8. The van der Waals surface area contributed by atoms with Crippen LogP contribution in [0.1, 0.15) is 43.2 Å². The highest BCUT2D eigenvalue weighted by atomic mass is 35.5. The smallest absolute Gasteiger partial charge is 0.265 e. The van der Waals surface area contributed by atoms with E-state index in [2.05, 4.69) is 5.32 Å². The predicted octanol–water partition coefficient (Wildman–Crippen LogP) is 7.31. The summed E-state index contributed by atoms with van der Waals surface area (Å²) in [6, 6.07) is 21.9. The number of amides is 2. The normalized spacial score (nSPS) is 13.7. The number of hydrogen-bond acceptors (Lipinski definition) is 8. The molecule has 4 aromatic rings. The topological polar surface area (TPSA) is 124 Å². The number of carbonyl (C=O) groups is 2. The number of ether oxygens (including phenoxy) is 4. The van der Waals surface area contributed by atoms with Crippen LogP contribution in [0, 0.1) is 0 Å². The Morgan fingerprint density at radius 1 is 0.796 bits per heavy atom. The molecule has 0 heterocycles. The van der Waals surface area contributed by atoms with Gasteiger partial charge >= 0.3 is 0 Å².